The van der Waals surface area contributed by atoms with E-state index in [0.29, 0.717) is 31.1 Å². The third-order valence-electron chi connectivity index (χ3n) is 6.70. The van der Waals surface area contributed by atoms with Crippen LogP contribution in [0.1, 0.15) is 51.7 Å². The van der Waals surface area contributed by atoms with Gasteiger partial charge in [-0.15, -0.1) is 0 Å². The largest absolute Gasteiger partial charge is 0.388 e. The van der Waals surface area contributed by atoms with Crippen LogP contribution in [0, 0.1) is 11.3 Å². The quantitative estimate of drug-likeness (QED) is 0.804. The maximum atomic E-state index is 13.1. The molecule has 0 spiro atoms. The minimum Gasteiger partial charge on any atom is -0.388 e. The number of carbonyl (C=O) groups is 1. The van der Waals surface area contributed by atoms with E-state index in [-0.39, 0.29) is 23.3 Å². The normalized spacial score (nSPS) is 29.3. The molecule has 27 heavy (non-hydrogen) atoms. The van der Waals surface area contributed by atoms with Crippen LogP contribution in [-0.2, 0) is 9.53 Å². The molecule has 1 aliphatic heterocycles. The highest BCUT2D eigenvalue weighted by Gasteiger charge is 2.63. The number of halogens is 1. The molecule has 1 aromatic carbocycles. The average molecular weight is 395 g/mol. The highest BCUT2D eigenvalue weighted by molar-refractivity contribution is 6.30. The van der Waals surface area contributed by atoms with E-state index < -0.39 is 11.6 Å². The molecule has 3 atom stereocenters. The van der Waals surface area contributed by atoms with Gasteiger partial charge in [0.05, 0.1) is 12.2 Å². The average Bonchev–Trinajstić information content (AvgIpc) is 2.67. The fourth-order valence-electron chi connectivity index (χ4n) is 4.43. The van der Waals surface area contributed by atoms with Gasteiger partial charge < -0.3 is 20.5 Å². The van der Waals surface area contributed by atoms with Gasteiger partial charge in [0.25, 0.3) is 0 Å². The van der Waals surface area contributed by atoms with Crippen molar-refractivity contribution in [1.82, 2.24) is 4.90 Å². The Kier molecular flexibility index (Phi) is 5.88. The summed E-state index contributed by atoms with van der Waals surface area (Å²) < 4.78 is 5.74. The summed E-state index contributed by atoms with van der Waals surface area (Å²) in [4.78, 5) is 15.0. The van der Waals surface area contributed by atoms with Gasteiger partial charge in [-0.05, 0) is 43.4 Å². The Balaban J connectivity index is 1.59. The number of ether oxygens (including phenoxy) is 1. The van der Waals surface area contributed by atoms with Crippen LogP contribution in [0.5, 0.6) is 0 Å². The Morgan fingerprint density at radius 2 is 1.93 bits per heavy atom. The molecule has 2 aliphatic rings. The van der Waals surface area contributed by atoms with Crippen molar-refractivity contribution in [3.63, 3.8) is 0 Å². The third kappa shape index (κ3) is 3.63. The second-order valence-corrected chi connectivity index (χ2v) is 8.90. The molecule has 3 rings (SSSR count). The number of hydrogen-bond acceptors (Lipinski definition) is 4. The lowest BCUT2D eigenvalue weighted by atomic mass is 9.54. The molecule has 1 saturated heterocycles. The Labute approximate surface area is 166 Å². The minimum atomic E-state index is -0.867. The van der Waals surface area contributed by atoms with Crippen LogP contribution in [-0.4, -0.2) is 47.3 Å². The first-order valence-electron chi connectivity index (χ1n) is 9.84. The summed E-state index contributed by atoms with van der Waals surface area (Å²) in [6.45, 7) is 7.89. The van der Waals surface area contributed by atoms with E-state index in [9.17, 15) is 9.90 Å². The van der Waals surface area contributed by atoms with Crippen LogP contribution < -0.4 is 5.73 Å². The van der Waals surface area contributed by atoms with Crippen molar-refractivity contribution in [2.45, 2.75) is 57.8 Å². The summed E-state index contributed by atoms with van der Waals surface area (Å²) in [6, 6.07) is 7.32. The Morgan fingerprint density at radius 3 is 2.44 bits per heavy atom. The Bertz CT molecular complexity index is 671. The van der Waals surface area contributed by atoms with Gasteiger partial charge in [-0.25, -0.2) is 0 Å². The highest BCUT2D eigenvalue weighted by Crippen LogP contribution is 2.51. The lowest BCUT2D eigenvalue weighted by molar-refractivity contribution is -0.180. The number of carbonyl (C=O) groups excluding carboxylic acids is 1. The predicted octanol–water partition coefficient (Wildman–Crippen LogP) is 3.14. The van der Waals surface area contributed by atoms with Gasteiger partial charge in [-0.2, -0.15) is 0 Å². The number of nitrogens with zero attached hydrogens (tertiary/aromatic N) is 1. The zero-order valence-corrected chi connectivity index (χ0v) is 17.2. The lowest BCUT2D eigenvalue weighted by Crippen LogP contribution is -2.76. The zero-order chi connectivity index (χ0) is 19.8. The summed E-state index contributed by atoms with van der Waals surface area (Å²) in [5, 5.41) is 11.3. The first-order chi connectivity index (χ1) is 12.7. The van der Waals surface area contributed by atoms with Crippen molar-refractivity contribution in [3.05, 3.63) is 34.9 Å². The molecule has 6 heteroatoms. The van der Waals surface area contributed by atoms with Crippen LogP contribution in [0.15, 0.2) is 24.3 Å². The monoisotopic (exact) mass is 394 g/mol. The molecule has 0 aromatic heterocycles. The molecule has 0 bridgehead atoms. The number of aliphatic hydroxyl groups is 1. The lowest BCUT2D eigenvalue weighted by Gasteiger charge is -2.59. The molecule has 0 radical (unpaired) electrons. The van der Waals surface area contributed by atoms with Crippen LogP contribution in [0.2, 0.25) is 5.02 Å². The molecule has 1 aliphatic carbocycles. The number of likely N-dealkylation sites (tertiary alicyclic amines) is 1. The zero-order valence-electron chi connectivity index (χ0n) is 16.5. The van der Waals surface area contributed by atoms with Gasteiger partial charge in [0.2, 0.25) is 5.91 Å². The number of aliphatic hydroxyl groups excluding tert-OH is 1. The van der Waals surface area contributed by atoms with Gasteiger partial charge in [-0.3, -0.25) is 4.79 Å². The number of amides is 1. The van der Waals surface area contributed by atoms with E-state index in [0.717, 1.165) is 18.4 Å². The summed E-state index contributed by atoms with van der Waals surface area (Å²) in [6.07, 6.45) is 1.59. The highest BCUT2D eigenvalue weighted by atomic mass is 35.5. The molecular weight excluding hydrogens is 364 g/mol. The van der Waals surface area contributed by atoms with E-state index in [1.165, 1.54) is 0 Å². The molecule has 1 amide bonds. The van der Waals surface area contributed by atoms with E-state index in [1.807, 2.05) is 37.8 Å². The summed E-state index contributed by atoms with van der Waals surface area (Å²) in [5.41, 5.74) is 6.17. The molecule has 5 nitrogen and oxygen atoms in total. The molecule has 1 heterocycles. The minimum absolute atomic E-state index is 0.0166. The Morgan fingerprint density at radius 1 is 1.33 bits per heavy atom. The van der Waals surface area contributed by atoms with E-state index in [1.54, 1.807) is 12.1 Å². The van der Waals surface area contributed by atoms with E-state index >= 15 is 0 Å². The van der Waals surface area contributed by atoms with E-state index in [2.05, 4.69) is 0 Å². The third-order valence-corrected chi connectivity index (χ3v) is 6.95. The van der Waals surface area contributed by atoms with Gasteiger partial charge in [0, 0.05) is 36.6 Å². The number of piperidine rings is 1. The number of nitrogens with two attached hydrogens (primary N) is 1. The van der Waals surface area contributed by atoms with Gasteiger partial charge in [0.15, 0.2) is 0 Å². The smallest absolute Gasteiger partial charge is 0.243 e. The predicted molar refractivity (Wildman–Crippen MR) is 106 cm³/mol. The number of rotatable bonds is 5. The fourth-order valence-corrected chi connectivity index (χ4v) is 4.56. The van der Waals surface area contributed by atoms with Crippen LogP contribution >= 0.6 is 11.6 Å². The van der Waals surface area contributed by atoms with Crippen molar-refractivity contribution in [1.29, 1.82) is 0 Å². The maximum Gasteiger partial charge on any atom is 0.243 e. The summed E-state index contributed by atoms with van der Waals surface area (Å²) in [7, 11) is 0. The molecule has 3 unspecified atom stereocenters. The topological polar surface area (TPSA) is 75.8 Å². The number of benzene rings is 1. The van der Waals surface area contributed by atoms with Crippen LogP contribution in [0.4, 0.5) is 0 Å². The molecule has 1 aromatic rings. The summed E-state index contributed by atoms with van der Waals surface area (Å²) in [5.74, 6) is 0.150. The number of hydrogen-bond donors (Lipinski definition) is 2. The van der Waals surface area contributed by atoms with Gasteiger partial charge in [0.1, 0.15) is 5.54 Å². The Hall–Kier alpha value is -1.14. The van der Waals surface area contributed by atoms with Crippen molar-refractivity contribution in [2.24, 2.45) is 17.1 Å². The van der Waals surface area contributed by atoms with Crippen LogP contribution in [0.3, 0.4) is 0 Å². The van der Waals surface area contributed by atoms with Crippen molar-refractivity contribution in [2.75, 3.05) is 19.7 Å². The first kappa shape index (κ1) is 20.6. The summed E-state index contributed by atoms with van der Waals surface area (Å²) >= 11 is 5.92. The van der Waals surface area contributed by atoms with Gasteiger partial charge >= 0.3 is 0 Å². The maximum absolute atomic E-state index is 13.1. The molecule has 1 saturated carbocycles. The molecule has 150 valence electrons. The van der Waals surface area contributed by atoms with Gasteiger partial charge in [-0.1, -0.05) is 37.6 Å². The van der Waals surface area contributed by atoms with Crippen molar-refractivity contribution < 1.29 is 14.6 Å². The molecule has 3 N–H and O–H groups in total. The molecular formula is C21H31ClN2O3. The SMILES string of the molecule is CCOC1CC(N)(C(=O)N2CCC(C(O)c3ccc(Cl)cc3)CC2)C1(C)C. The van der Waals surface area contributed by atoms with Crippen molar-refractivity contribution >= 4 is 17.5 Å². The molecule has 2 fully saturated rings. The second kappa shape index (κ2) is 7.70. The van der Waals surface area contributed by atoms with E-state index in [4.69, 9.17) is 22.1 Å². The first-order valence-corrected chi connectivity index (χ1v) is 10.2. The van der Waals surface area contributed by atoms with Crippen molar-refractivity contribution in [3.8, 4) is 0 Å². The fraction of sp³-hybridized carbons (Fsp3) is 0.667. The second-order valence-electron chi connectivity index (χ2n) is 8.47. The standard InChI is InChI=1S/C21H31ClN2O3/c1-4-27-17-13-21(23,20(17,2)3)19(26)24-11-9-15(10-12-24)18(25)14-5-7-16(22)8-6-14/h5-8,15,17-18,25H,4,9-13,23H2,1-3H3. The van der Waals surface area contributed by atoms with Crippen LogP contribution in [0.25, 0.3) is 0 Å².